The van der Waals surface area contributed by atoms with E-state index >= 15 is 0 Å². The first-order valence-electron chi connectivity index (χ1n) is 7.67. The largest absolute Gasteiger partial charge is 0.478 e. The van der Waals surface area contributed by atoms with Gasteiger partial charge in [0.25, 0.3) is 5.91 Å². The fourth-order valence-electron chi connectivity index (χ4n) is 2.62. The summed E-state index contributed by atoms with van der Waals surface area (Å²) in [6.45, 7) is 0. The monoisotopic (exact) mass is 364 g/mol. The Kier molecular flexibility index (Phi) is 3.98. The molecule has 0 bridgehead atoms. The first kappa shape index (κ1) is 16.0. The topological polar surface area (TPSA) is 92.4 Å². The van der Waals surface area contributed by atoms with E-state index in [1.807, 2.05) is 47.8 Å². The number of carboxylic acids is 1. The number of rotatable bonds is 4. The number of nitrogens with zero attached hydrogens (tertiary/aromatic N) is 1. The van der Waals surface area contributed by atoms with Crippen LogP contribution in [0.3, 0.4) is 0 Å². The van der Waals surface area contributed by atoms with Gasteiger partial charge in [0.2, 0.25) is 0 Å². The summed E-state index contributed by atoms with van der Waals surface area (Å²) in [6, 6.07) is 14.1. The van der Waals surface area contributed by atoms with Gasteiger partial charge in [0, 0.05) is 10.9 Å². The Hall–Kier alpha value is -3.45. The fraction of sp³-hybridized carbons (Fsp3) is 0. The zero-order valence-corrected chi connectivity index (χ0v) is 14.1. The highest BCUT2D eigenvalue weighted by molar-refractivity contribution is 7.14. The number of fused-ring (bicyclic) bond motifs is 1. The second kappa shape index (κ2) is 6.45. The number of thiazole rings is 1. The number of carbonyl (C=O) groups excluding carboxylic acids is 1. The van der Waals surface area contributed by atoms with Crippen LogP contribution in [-0.2, 0) is 0 Å². The van der Waals surface area contributed by atoms with Crippen LogP contribution in [0, 0.1) is 0 Å². The minimum atomic E-state index is -1.22. The standard InChI is InChI=1S/C19H12N2O4S/c22-17(14-8-25-9-15(14)18(23)24)21-19-20-16(10-26-19)13-6-5-11-3-1-2-4-12(11)7-13/h1-10H,(H,23,24)(H,20,21,22). The summed E-state index contributed by atoms with van der Waals surface area (Å²) < 4.78 is 4.82. The van der Waals surface area contributed by atoms with Gasteiger partial charge in [-0.3, -0.25) is 10.1 Å². The van der Waals surface area contributed by atoms with Crippen LogP contribution >= 0.6 is 11.3 Å². The summed E-state index contributed by atoms with van der Waals surface area (Å²) >= 11 is 1.27. The van der Waals surface area contributed by atoms with Crippen LogP contribution in [0.1, 0.15) is 20.7 Å². The predicted molar refractivity (Wildman–Crippen MR) is 98.7 cm³/mol. The highest BCUT2D eigenvalue weighted by Gasteiger charge is 2.20. The molecular weight excluding hydrogens is 352 g/mol. The van der Waals surface area contributed by atoms with Crippen molar-refractivity contribution in [3.63, 3.8) is 0 Å². The number of amides is 1. The molecule has 0 atom stereocenters. The third-order valence-electron chi connectivity index (χ3n) is 3.91. The molecule has 2 aromatic carbocycles. The quantitative estimate of drug-likeness (QED) is 0.556. The van der Waals surface area contributed by atoms with Crippen molar-refractivity contribution >= 4 is 39.1 Å². The number of aromatic carboxylic acids is 1. The molecule has 26 heavy (non-hydrogen) atoms. The summed E-state index contributed by atoms with van der Waals surface area (Å²) in [5.41, 5.74) is 1.45. The van der Waals surface area contributed by atoms with Crippen molar-refractivity contribution in [1.82, 2.24) is 4.98 Å². The van der Waals surface area contributed by atoms with Gasteiger partial charge in [-0.15, -0.1) is 11.3 Å². The molecule has 7 heteroatoms. The normalized spacial score (nSPS) is 10.8. The number of benzene rings is 2. The molecule has 0 aliphatic carbocycles. The van der Waals surface area contributed by atoms with Crippen molar-refractivity contribution in [1.29, 1.82) is 0 Å². The van der Waals surface area contributed by atoms with Crippen molar-refractivity contribution < 1.29 is 19.1 Å². The zero-order valence-electron chi connectivity index (χ0n) is 13.3. The molecule has 0 aliphatic rings. The Bertz CT molecular complexity index is 1130. The minimum Gasteiger partial charge on any atom is -0.478 e. The van der Waals surface area contributed by atoms with E-state index in [1.54, 1.807) is 0 Å². The number of anilines is 1. The molecule has 4 aromatic rings. The maximum absolute atomic E-state index is 12.3. The van der Waals surface area contributed by atoms with Gasteiger partial charge in [-0.05, 0) is 16.8 Å². The molecule has 2 aromatic heterocycles. The summed E-state index contributed by atoms with van der Waals surface area (Å²) in [6.07, 6.45) is 2.14. The lowest BCUT2D eigenvalue weighted by Crippen LogP contribution is -2.14. The van der Waals surface area contributed by atoms with E-state index in [-0.39, 0.29) is 11.1 Å². The molecule has 2 heterocycles. The average molecular weight is 364 g/mol. The first-order chi connectivity index (χ1) is 12.6. The van der Waals surface area contributed by atoms with Gasteiger partial charge in [-0.1, -0.05) is 36.4 Å². The van der Waals surface area contributed by atoms with Crippen LogP contribution in [0.5, 0.6) is 0 Å². The summed E-state index contributed by atoms with van der Waals surface area (Å²) in [5, 5.41) is 16.1. The van der Waals surface area contributed by atoms with Gasteiger partial charge in [-0.25, -0.2) is 9.78 Å². The summed E-state index contributed by atoms with van der Waals surface area (Å²) in [4.78, 5) is 27.8. The molecule has 6 nitrogen and oxygen atoms in total. The van der Waals surface area contributed by atoms with E-state index in [9.17, 15) is 9.59 Å². The Labute approximate surface area is 151 Å². The summed E-state index contributed by atoms with van der Waals surface area (Å²) in [5.74, 6) is -1.80. The van der Waals surface area contributed by atoms with E-state index in [2.05, 4.69) is 10.3 Å². The smallest absolute Gasteiger partial charge is 0.339 e. The third kappa shape index (κ3) is 2.96. The Morgan fingerprint density at radius 3 is 2.62 bits per heavy atom. The van der Waals surface area contributed by atoms with E-state index in [0.29, 0.717) is 5.13 Å². The number of hydrogen-bond acceptors (Lipinski definition) is 5. The Morgan fingerprint density at radius 1 is 1.04 bits per heavy atom. The number of furan rings is 1. The number of carboxylic acid groups (broad SMARTS) is 1. The second-order valence-electron chi connectivity index (χ2n) is 5.56. The highest BCUT2D eigenvalue weighted by Crippen LogP contribution is 2.28. The maximum atomic E-state index is 12.3. The minimum absolute atomic E-state index is 0.0417. The highest BCUT2D eigenvalue weighted by atomic mass is 32.1. The first-order valence-corrected chi connectivity index (χ1v) is 8.55. The van der Waals surface area contributed by atoms with Gasteiger partial charge in [0.15, 0.2) is 5.13 Å². The molecule has 4 rings (SSSR count). The van der Waals surface area contributed by atoms with E-state index in [1.165, 1.54) is 11.3 Å². The molecule has 0 unspecified atom stereocenters. The lowest BCUT2D eigenvalue weighted by Gasteiger charge is -2.01. The third-order valence-corrected chi connectivity index (χ3v) is 4.66. The number of carbonyl (C=O) groups is 2. The Balaban J connectivity index is 1.58. The number of hydrogen-bond donors (Lipinski definition) is 2. The lowest BCUT2D eigenvalue weighted by atomic mass is 10.1. The van der Waals surface area contributed by atoms with Crippen LogP contribution in [0.15, 0.2) is 64.8 Å². The molecule has 128 valence electrons. The van der Waals surface area contributed by atoms with Crippen LogP contribution in [-0.4, -0.2) is 22.0 Å². The van der Waals surface area contributed by atoms with Crippen LogP contribution in [0.2, 0.25) is 0 Å². The second-order valence-corrected chi connectivity index (χ2v) is 6.42. The van der Waals surface area contributed by atoms with E-state index in [4.69, 9.17) is 9.52 Å². The van der Waals surface area contributed by atoms with Gasteiger partial charge in [0.05, 0.1) is 11.3 Å². The molecule has 0 fully saturated rings. The van der Waals surface area contributed by atoms with Crippen molar-refractivity contribution in [2.45, 2.75) is 0 Å². The van der Waals surface area contributed by atoms with Crippen molar-refractivity contribution in [3.8, 4) is 11.3 Å². The van der Waals surface area contributed by atoms with E-state index < -0.39 is 11.9 Å². The fourth-order valence-corrected chi connectivity index (χ4v) is 3.33. The molecule has 2 N–H and O–H groups in total. The van der Waals surface area contributed by atoms with E-state index in [0.717, 1.165) is 34.6 Å². The molecule has 0 spiro atoms. The maximum Gasteiger partial charge on any atom is 0.339 e. The van der Waals surface area contributed by atoms with Gasteiger partial charge < -0.3 is 9.52 Å². The molecule has 0 saturated heterocycles. The molecule has 0 saturated carbocycles. The summed E-state index contributed by atoms with van der Waals surface area (Å²) in [7, 11) is 0. The van der Waals surface area contributed by atoms with Crippen LogP contribution < -0.4 is 5.32 Å². The van der Waals surface area contributed by atoms with Crippen LogP contribution in [0.4, 0.5) is 5.13 Å². The van der Waals surface area contributed by atoms with Crippen molar-refractivity contribution in [2.24, 2.45) is 0 Å². The number of aromatic nitrogens is 1. The average Bonchev–Trinajstić information content (AvgIpc) is 3.31. The van der Waals surface area contributed by atoms with Crippen LogP contribution in [0.25, 0.3) is 22.0 Å². The van der Waals surface area contributed by atoms with Crippen molar-refractivity contribution in [3.05, 3.63) is 71.5 Å². The van der Waals surface area contributed by atoms with Gasteiger partial charge in [0.1, 0.15) is 18.1 Å². The van der Waals surface area contributed by atoms with Crippen molar-refractivity contribution in [2.75, 3.05) is 5.32 Å². The SMILES string of the molecule is O=C(O)c1cocc1C(=O)Nc1nc(-c2ccc3ccccc3c2)cs1. The Morgan fingerprint density at radius 2 is 1.81 bits per heavy atom. The van der Waals surface area contributed by atoms with Gasteiger partial charge >= 0.3 is 5.97 Å². The molecule has 1 amide bonds. The molecule has 0 radical (unpaired) electrons. The zero-order chi connectivity index (χ0) is 18.1. The predicted octanol–water partition coefficient (Wildman–Crippen LogP) is 4.51. The number of nitrogens with one attached hydrogen (secondary N) is 1. The molecular formula is C19H12N2O4S. The van der Waals surface area contributed by atoms with Gasteiger partial charge in [-0.2, -0.15) is 0 Å². The molecule has 0 aliphatic heterocycles. The lowest BCUT2D eigenvalue weighted by molar-refractivity contribution is 0.0692.